The van der Waals surface area contributed by atoms with Gasteiger partial charge in [-0.15, -0.1) is 0 Å². The van der Waals surface area contributed by atoms with Crippen LogP contribution in [0.15, 0.2) is 22.7 Å². The SMILES string of the molecule is CCCNCc1cc(Br)ccc1N(CC(F)(F)F)C1CC1. The molecule has 0 atom stereocenters. The lowest BCUT2D eigenvalue weighted by Gasteiger charge is -2.28. The Balaban J connectivity index is 2.22. The molecule has 2 rings (SSSR count). The van der Waals surface area contributed by atoms with Crippen molar-refractivity contribution >= 4 is 21.6 Å². The Kier molecular flexibility index (Phi) is 5.54. The number of benzene rings is 1. The monoisotopic (exact) mass is 364 g/mol. The first-order valence-electron chi connectivity index (χ1n) is 7.23. The van der Waals surface area contributed by atoms with Crippen molar-refractivity contribution in [2.24, 2.45) is 0 Å². The van der Waals surface area contributed by atoms with Crippen LogP contribution in [0.25, 0.3) is 0 Å². The molecule has 1 saturated carbocycles. The van der Waals surface area contributed by atoms with Gasteiger partial charge in [-0.1, -0.05) is 22.9 Å². The van der Waals surface area contributed by atoms with Crippen molar-refractivity contribution in [1.29, 1.82) is 0 Å². The van der Waals surface area contributed by atoms with Crippen LogP contribution in [0.2, 0.25) is 0 Å². The number of alkyl halides is 3. The fraction of sp³-hybridized carbons (Fsp3) is 0.600. The second-order valence-electron chi connectivity index (χ2n) is 5.42. The molecule has 1 aromatic carbocycles. The van der Waals surface area contributed by atoms with Crippen molar-refractivity contribution in [2.45, 2.75) is 44.9 Å². The van der Waals surface area contributed by atoms with Crippen LogP contribution in [-0.4, -0.2) is 25.3 Å². The molecule has 2 nitrogen and oxygen atoms in total. The highest BCUT2D eigenvalue weighted by atomic mass is 79.9. The lowest BCUT2D eigenvalue weighted by molar-refractivity contribution is -0.120. The molecular formula is C15H20BrF3N2. The third-order valence-electron chi connectivity index (χ3n) is 3.43. The molecule has 1 aromatic rings. The third-order valence-corrected chi connectivity index (χ3v) is 3.92. The zero-order chi connectivity index (χ0) is 15.5. The van der Waals surface area contributed by atoms with Gasteiger partial charge in [0, 0.05) is 22.7 Å². The summed E-state index contributed by atoms with van der Waals surface area (Å²) in [5, 5.41) is 3.27. The molecule has 0 saturated heterocycles. The molecule has 0 amide bonds. The van der Waals surface area contributed by atoms with Crippen LogP contribution < -0.4 is 10.2 Å². The predicted molar refractivity (Wildman–Crippen MR) is 82.6 cm³/mol. The van der Waals surface area contributed by atoms with E-state index in [0.717, 1.165) is 35.8 Å². The van der Waals surface area contributed by atoms with E-state index >= 15 is 0 Å². The van der Waals surface area contributed by atoms with Crippen LogP contribution in [0.1, 0.15) is 31.7 Å². The molecule has 1 N–H and O–H groups in total. The Hall–Kier alpha value is -0.750. The average Bonchev–Trinajstić information content (AvgIpc) is 3.20. The molecule has 6 heteroatoms. The fourth-order valence-electron chi connectivity index (χ4n) is 2.37. The lowest BCUT2D eigenvalue weighted by atomic mass is 10.1. The van der Waals surface area contributed by atoms with E-state index in [1.807, 2.05) is 12.1 Å². The number of halogens is 4. The van der Waals surface area contributed by atoms with E-state index in [4.69, 9.17) is 0 Å². The van der Waals surface area contributed by atoms with Gasteiger partial charge >= 0.3 is 6.18 Å². The Morgan fingerprint density at radius 1 is 1.33 bits per heavy atom. The molecule has 0 aromatic heterocycles. The van der Waals surface area contributed by atoms with Crippen LogP contribution in [0.3, 0.4) is 0 Å². The minimum atomic E-state index is -4.18. The zero-order valence-electron chi connectivity index (χ0n) is 12.0. The maximum atomic E-state index is 12.8. The molecule has 1 aliphatic rings. The second kappa shape index (κ2) is 7.01. The molecule has 0 bridgehead atoms. The van der Waals surface area contributed by atoms with E-state index in [-0.39, 0.29) is 6.04 Å². The van der Waals surface area contributed by atoms with Crippen LogP contribution in [-0.2, 0) is 6.54 Å². The van der Waals surface area contributed by atoms with Crippen molar-refractivity contribution in [2.75, 3.05) is 18.0 Å². The summed E-state index contributed by atoms with van der Waals surface area (Å²) in [7, 11) is 0. The maximum Gasteiger partial charge on any atom is 0.405 e. The van der Waals surface area contributed by atoms with Crippen LogP contribution >= 0.6 is 15.9 Å². The van der Waals surface area contributed by atoms with E-state index in [0.29, 0.717) is 12.2 Å². The van der Waals surface area contributed by atoms with Gasteiger partial charge in [-0.05, 0) is 49.6 Å². The predicted octanol–water partition coefficient (Wildman–Crippen LogP) is 4.48. The molecule has 1 fully saturated rings. The second-order valence-corrected chi connectivity index (χ2v) is 6.34. The molecule has 0 heterocycles. The first kappa shape index (κ1) is 16.6. The summed E-state index contributed by atoms with van der Waals surface area (Å²) in [5.41, 5.74) is 1.61. The third kappa shape index (κ3) is 5.18. The summed E-state index contributed by atoms with van der Waals surface area (Å²) in [4.78, 5) is 1.51. The number of hydrogen-bond acceptors (Lipinski definition) is 2. The van der Waals surface area contributed by atoms with Crippen molar-refractivity contribution in [1.82, 2.24) is 5.32 Å². The minimum absolute atomic E-state index is 0.0257. The highest BCUT2D eigenvalue weighted by Gasteiger charge is 2.38. The molecule has 0 spiro atoms. The molecule has 1 aliphatic carbocycles. The van der Waals surface area contributed by atoms with Gasteiger partial charge in [-0.3, -0.25) is 0 Å². The topological polar surface area (TPSA) is 15.3 Å². The number of nitrogens with zero attached hydrogens (tertiary/aromatic N) is 1. The van der Waals surface area contributed by atoms with Gasteiger partial charge in [-0.25, -0.2) is 0 Å². The van der Waals surface area contributed by atoms with Gasteiger partial charge in [-0.2, -0.15) is 13.2 Å². The van der Waals surface area contributed by atoms with E-state index in [2.05, 4.69) is 28.2 Å². The van der Waals surface area contributed by atoms with Crippen LogP contribution in [0, 0.1) is 0 Å². The van der Waals surface area contributed by atoms with Gasteiger partial charge in [0.25, 0.3) is 0 Å². The molecule has 21 heavy (non-hydrogen) atoms. The summed E-state index contributed by atoms with van der Waals surface area (Å²) < 4.78 is 39.4. The Bertz CT molecular complexity index is 472. The summed E-state index contributed by atoms with van der Waals surface area (Å²) in [6.07, 6.45) is -1.50. The normalized spacial score (nSPS) is 15.3. The van der Waals surface area contributed by atoms with Gasteiger partial charge in [0.1, 0.15) is 6.54 Å². The maximum absolute atomic E-state index is 12.8. The quantitative estimate of drug-likeness (QED) is 0.717. The molecule has 118 valence electrons. The van der Waals surface area contributed by atoms with Crippen molar-refractivity contribution in [3.05, 3.63) is 28.2 Å². The van der Waals surface area contributed by atoms with E-state index in [1.165, 1.54) is 4.90 Å². The average molecular weight is 365 g/mol. The van der Waals surface area contributed by atoms with Crippen molar-refractivity contribution in [3.8, 4) is 0 Å². The van der Waals surface area contributed by atoms with Gasteiger partial charge in [0.15, 0.2) is 0 Å². The summed E-state index contributed by atoms with van der Waals surface area (Å²) >= 11 is 3.40. The lowest BCUT2D eigenvalue weighted by Crippen LogP contribution is -2.36. The first-order chi connectivity index (χ1) is 9.90. The number of nitrogens with one attached hydrogen (secondary N) is 1. The highest BCUT2D eigenvalue weighted by Crippen LogP contribution is 2.36. The molecule has 0 aliphatic heterocycles. The Morgan fingerprint density at radius 3 is 2.62 bits per heavy atom. The molecule has 0 unspecified atom stereocenters. The smallest absolute Gasteiger partial charge is 0.359 e. The molecule has 0 radical (unpaired) electrons. The van der Waals surface area contributed by atoms with Gasteiger partial charge in [0.2, 0.25) is 0 Å². The largest absolute Gasteiger partial charge is 0.405 e. The summed E-state index contributed by atoms with van der Waals surface area (Å²) in [5.74, 6) is 0. The highest BCUT2D eigenvalue weighted by molar-refractivity contribution is 9.10. The number of rotatable bonds is 7. The van der Waals surface area contributed by atoms with E-state index in [9.17, 15) is 13.2 Å². The molecular weight excluding hydrogens is 345 g/mol. The first-order valence-corrected chi connectivity index (χ1v) is 8.02. The van der Waals surface area contributed by atoms with Crippen molar-refractivity contribution < 1.29 is 13.2 Å². The van der Waals surface area contributed by atoms with Crippen molar-refractivity contribution in [3.63, 3.8) is 0 Å². The number of anilines is 1. The Labute approximate surface area is 131 Å². The minimum Gasteiger partial charge on any atom is -0.359 e. The van der Waals surface area contributed by atoms with Gasteiger partial charge < -0.3 is 10.2 Å². The fourth-order valence-corrected chi connectivity index (χ4v) is 2.77. The van der Waals surface area contributed by atoms with Gasteiger partial charge in [0.05, 0.1) is 0 Å². The Morgan fingerprint density at radius 2 is 2.05 bits per heavy atom. The van der Waals surface area contributed by atoms with E-state index in [1.54, 1.807) is 6.07 Å². The number of hydrogen-bond donors (Lipinski definition) is 1. The summed E-state index contributed by atoms with van der Waals surface area (Å²) in [6, 6.07) is 5.53. The van der Waals surface area contributed by atoms with Crippen LogP contribution in [0.4, 0.5) is 18.9 Å². The standard InChI is InChI=1S/C15H20BrF3N2/c1-2-7-20-9-11-8-12(16)3-6-14(11)21(13-4-5-13)10-15(17,18)19/h3,6,8,13,20H,2,4-5,7,9-10H2,1H3. The van der Waals surface area contributed by atoms with Crippen LogP contribution in [0.5, 0.6) is 0 Å². The van der Waals surface area contributed by atoms with E-state index < -0.39 is 12.7 Å². The zero-order valence-corrected chi connectivity index (χ0v) is 13.6. The summed E-state index contributed by atoms with van der Waals surface area (Å²) in [6.45, 7) is 2.63.